The lowest BCUT2D eigenvalue weighted by Crippen LogP contribution is -2.21. The van der Waals surface area contributed by atoms with Gasteiger partial charge in [0, 0.05) is 0 Å². The first-order valence-electron chi connectivity index (χ1n) is 6.91. The average molecular weight is 276 g/mol. The van der Waals surface area contributed by atoms with Gasteiger partial charge in [0.1, 0.15) is 0 Å². The first-order chi connectivity index (χ1) is 9.30. The Morgan fingerprint density at radius 2 is 1.70 bits per heavy atom. The molecule has 0 amide bonds. The normalized spacial score (nSPS) is 18.7. The number of carbonyl (C=O) groups is 2. The van der Waals surface area contributed by atoms with Crippen molar-refractivity contribution in [1.82, 2.24) is 0 Å². The largest absolute Gasteiger partial charge is 0.478 e. The van der Waals surface area contributed by atoms with Crippen LogP contribution in [0.3, 0.4) is 0 Å². The minimum absolute atomic E-state index is 0.147. The second-order valence-electron chi connectivity index (χ2n) is 6.35. The lowest BCUT2D eigenvalue weighted by Gasteiger charge is -2.35. The molecule has 1 aromatic carbocycles. The Balaban J connectivity index is 2.36. The van der Waals surface area contributed by atoms with Gasteiger partial charge in [-0.25, -0.2) is 9.59 Å². The first kappa shape index (κ1) is 14.6. The van der Waals surface area contributed by atoms with Crippen molar-refractivity contribution < 1.29 is 19.8 Å². The van der Waals surface area contributed by atoms with Crippen LogP contribution in [0, 0.1) is 5.41 Å². The molecule has 2 N–H and O–H groups in total. The molecule has 0 spiro atoms. The van der Waals surface area contributed by atoms with Crippen LogP contribution in [0.4, 0.5) is 0 Å². The molecular weight excluding hydrogens is 256 g/mol. The summed E-state index contributed by atoms with van der Waals surface area (Å²) >= 11 is 0. The van der Waals surface area contributed by atoms with E-state index in [1.165, 1.54) is 18.2 Å². The van der Waals surface area contributed by atoms with Crippen LogP contribution in [0.1, 0.15) is 71.7 Å². The van der Waals surface area contributed by atoms with Gasteiger partial charge in [-0.1, -0.05) is 13.8 Å². The molecule has 1 fully saturated rings. The molecular formula is C16H20O4. The fraction of sp³-hybridized carbons (Fsp3) is 0.500. The maximum atomic E-state index is 11.3. The molecule has 1 aromatic rings. The molecule has 2 rings (SSSR count). The summed E-state index contributed by atoms with van der Waals surface area (Å²) in [4.78, 5) is 22.4. The zero-order valence-corrected chi connectivity index (χ0v) is 11.8. The Morgan fingerprint density at radius 1 is 1.10 bits per heavy atom. The summed E-state index contributed by atoms with van der Waals surface area (Å²) in [6.07, 6.45) is 3.90. The van der Waals surface area contributed by atoms with E-state index in [-0.39, 0.29) is 17.0 Å². The molecule has 0 saturated heterocycles. The van der Waals surface area contributed by atoms with Crippen LogP contribution in [0.2, 0.25) is 0 Å². The highest BCUT2D eigenvalue weighted by atomic mass is 16.4. The third kappa shape index (κ3) is 3.00. The van der Waals surface area contributed by atoms with Crippen LogP contribution in [-0.2, 0) is 0 Å². The molecule has 0 radical (unpaired) electrons. The molecule has 0 aliphatic heterocycles. The number of carboxylic acid groups (broad SMARTS) is 2. The predicted octanol–water partition coefficient (Wildman–Crippen LogP) is 3.77. The summed E-state index contributed by atoms with van der Waals surface area (Å²) < 4.78 is 0. The first-order valence-corrected chi connectivity index (χ1v) is 6.91. The van der Waals surface area contributed by atoms with Gasteiger partial charge in [0.15, 0.2) is 0 Å². The molecule has 1 aliphatic carbocycles. The van der Waals surface area contributed by atoms with Crippen molar-refractivity contribution in [2.24, 2.45) is 5.41 Å². The standard InChI is InChI=1S/C16H20O4/c1-16(2)7-5-10(6-8-16)13-9-11(14(17)18)3-4-12(13)15(19)20/h3-4,9-10H,5-8H2,1-2H3,(H,17,18)(H,19,20). The molecule has 4 heteroatoms. The molecule has 0 bridgehead atoms. The lowest BCUT2D eigenvalue weighted by molar-refractivity contribution is 0.0679. The average Bonchev–Trinajstić information content (AvgIpc) is 2.37. The van der Waals surface area contributed by atoms with Gasteiger partial charge in [-0.2, -0.15) is 0 Å². The van der Waals surface area contributed by atoms with Crippen molar-refractivity contribution >= 4 is 11.9 Å². The number of aromatic carboxylic acids is 2. The number of hydrogen-bond acceptors (Lipinski definition) is 2. The van der Waals surface area contributed by atoms with E-state index >= 15 is 0 Å². The minimum atomic E-state index is -1.01. The Kier molecular flexibility index (Phi) is 3.84. The number of rotatable bonds is 3. The van der Waals surface area contributed by atoms with E-state index in [4.69, 9.17) is 5.11 Å². The van der Waals surface area contributed by atoms with Crippen LogP contribution < -0.4 is 0 Å². The van der Waals surface area contributed by atoms with E-state index in [1.54, 1.807) is 0 Å². The van der Waals surface area contributed by atoms with Crippen molar-refractivity contribution in [3.8, 4) is 0 Å². The molecule has 0 aromatic heterocycles. The smallest absolute Gasteiger partial charge is 0.335 e. The van der Waals surface area contributed by atoms with Gasteiger partial charge < -0.3 is 10.2 Å². The van der Waals surface area contributed by atoms with Crippen LogP contribution in [0.5, 0.6) is 0 Å². The van der Waals surface area contributed by atoms with Gasteiger partial charge in [-0.05, 0) is 60.8 Å². The third-order valence-corrected chi connectivity index (χ3v) is 4.31. The van der Waals surface area contributed by atoms with Gasteiger partial charge in [-0.15, -0.1) is 0 Å². The highest BCUT2D eigenvalue weighted by Crippen LogP contribution is 2.43. The van der Waals surface area contributed by atoms with E-state index in [1.807, 2.05) is 0 Å². The highest BCUT2D eigenvalue weighted by Gasteiger charge is 2.30. The zero-order chi connectivity index (χ0) is 14.9. The Labute approximate surface area is 118 Å². The molecule has 1 aliphatic rings. The van der Waals surface area contributed by atoms with E-state index in [0.717, 1.165) is 25.7 Å². The third-order valence-electron chi connectivity index (χ3n) is 4.31. The summed E-state index contributed by atoms with van der Waals surface area (Å²) in [7, 11) is 0. The van der Waals surface area contributed by atoms with Crippen molar-refractivity contribution in [3.05, 3.63) is 34.9 Å². The summed E-state index contributed by atoms with van der Waals surface area (Å²) in [5.41, 5.74) is 1.37. The fourth-order valence-corrected chi connectivity index (χ4v) is 2.94. The predicted molar refractivity (Wildman–Crippen MR) is 75.4 cm³/mol. The van der Waals surface area contributed by atoms with Gasteiger partial charge >= 0.3 is 11.9 Å². The highest BCUT2D eigenvalue weighted by molar-refractivity contribution is 5.93. The topological polar surface area (TPSA) is 74.6 Å². The number of benzene rings is 1. The minimum Gasteiger partial charge on any atom is -0.478 e. The van der Waals surface area contributed by atoms with Crippen molar-refractivity contribution in [2.75, 3.05) is 0 Å². The SMILES string of the molecule is CC1(C)CCC(c2cc(C(=O)O)ccc2C(=O)O)CC1. The molecule has 0 heterocycles. The maximum Gasteiger partial charge on any atom is 0.335 e. The monoisotopic (exact) mass is 276 g/mol. The van der Waals surface area contributed by atoms with Crippen molar-refractivity contribution in [1.29, 1.82) is 0 Å². The molecule has 0 unspecified atom stereocenters. The van der Waals surface area contributed by atoms with Crippen LogP contribution in [-0.4, -0.2) is 22.2 Å². The van der Waals surface area contributed by atoms with Gasteiger partial charge in [0.2, 0.25) is 0 Å². The summed E-state index contributed by atoms with van der Waals surface area (Å²) in [6.45, 7) is 4.43. The molecule has 20 heavy (non-hydrogen) atoms. The van der Waals surface area contributed by atoms with E-state index in [0.29, 0.717) is 11.0 Å². The summed E-state index contributed by atoms with van der Waals surface area (Å²) in [5, 5.41) is 18.4. The van der Waals surface area contributed by atoms with Crippen molar-refractivity contribution in [2.45, 2.75) is 45.4 Å². The maximum absolute atomic E-state index is 11.3. The molecule has 108 valence electrons. The van der Waals surface area contributed by atoms with E-state index < -0.39 is 11.9 Å². The van der Waals surface area contributed by atoms with Gasteiger partial charge in [0.05, 0.1) is 11.1 Å². The zero-order valence-electron chi connectivity index (χ0n) is 11.8. The second kappa shape index (κ2) is 5.27. The lowest BCUT2D eigenvalue weighted by atomic mass is 9.70. The van der Waals surface area contributed by atoms with E-state index in [2.05, 4.69) is 13.8 Å². The quantitative estimate of drug-likeness (QED) is 0.881. The Bertz CT molecular complexity index is 535. The van der Waals surface area contributed by atoms with E-state index in [9.17, 15) is 14.7 Å². The molecule has 1 saturated carbocycles. The second-order valence-corrected chi connectivity index (χ2v) is 6.35. The summed E-state index contributed by atoms with van der Waals surface area (Å²) in [5.74, 6) is -1.85. The Morgan fingerprint density at radius 3 is 2.20 bits per heavy atom. The van der Waals surface area contributed by atoms with Crippen LogP contribution >= 0.6 is 0 Å². The van der Waals surface area contributed by atoms with Gasteiger partial charge in [0.25, 0.3) is 0 Å². The number of carboxylic acids is 2. The van der Waals surface area contributed by atoms with Crippen LogP contribution in [0.15, 0.2) is 18.2 Å². The number of hydrogen-bond donors (Lipinski definition) is 2. The fourth-order valence-electron chi connectivity index (χ4n) is 2.94. The van der Waals surface area contributed by atoms with Crippen molar-refractivity contribution in [3.63, 3.8) is 0 Å². The Hall–Kier alpha value is -1.84. The molecule has 0 atom stereocenters. The summed E-state index contributed by atoms with van der Waals surface area (Å²) in [6, 6.07) is 4.32. The van der Waals surface area contributed by atoms with Crippen LogP contribution in [0.25, 0.3) is 0 Å². The molecule has 4 nitrogen and oxygen atoms in total. The van der Waals surface area contributed by atoms with Gasteiger partial charge in [-0.3, -0.25) is 0 Å².